The number of benzene rings is 1. The van der Waals surface area contributed by atoms with Gasteiger partial charge in [-0.25, -0.2) is 0 Å². The van der Waals surface area contributed by atoms with Gasteiger partial charge in [0.15, 0.2) is 0 Å². The molecule has 0 fully saturated rings. The van der Waals surface area contributed by atoms with Crippen molar-refractivity contribution < 1.29 is 5.11 Å². The van der Waals surface area contributed by atoms with E-state index in [4.69, 9.17) is 7.85 Å². The quantitative estimate of drug-likeness (QED) is 0.810. The van der Waals surface area contributed by atoms with Gasteiger partial charge in [-0.15, -0.1) is 0 Å². The summed E-state index contributed by atoms with van der Waals surface area (Å²) in [4.78, 5) is 0. The molecule has 1 N–H and O–H groups in total. The van der Waals surface area contributed by atoms with Crippen LogP contribution in [0.15, 0.2) is 18.2 Å². The molecule has 2 radical (unpaired) electrons. The summed E-state index contributed by atoms with van der Waals surface area (Å²) >= 11 is 0. The van der Waals surface area contributed by atoms with E-state index in [1.807, 2.05) is 13.8 Å². The third-order valence-electron chi connectivity index (χ3n) is 3.80. The van der Waals surface area contributed by atoms with E-state index in [1.54, 1.807) is 0 Å². The second-order valence-corrected chi connectivity index (χ2v) is 7.70. The Morgan fingerprint density at radius 3 is 1.63 bits per heavy atom. The summed E-state index contributed by atoms with van der Waals surface area (Å²) in [5.41, 5.74) is 2.53. The molecule has 0 unspecified atom stereocenters. The molecule has 0 aliphatic carbocycles. The van der Waals surface area contributed by atoms with Crippen LogP contribution in [0.5, 0.6) is 0 Å². The first kappa shape index (κ1) is 16.3. The SMILES string of the molecule is [B]CC(C)(C)c1cc(C(C)(C)C)cc(C(C)(C)O)c1. The predicted octanol–water partition coefficient (Wildman–Crippen LogP) is 4.08. The highest BCUT2D eigenvalue weighted by Crippen LogP contribution is 2.34. The van der Waals surface area contributed by atoms with Crippen LogP contribution in [0.4, 0.5) is 0 Å². The minimum Gasteiger partial charge on any atom is -0.386 e. The Bertz CT molecular complexity index is 415. The highest BCUT2D eigenvalue weighted by atomic mass is 16.3. The maximum absolute atomic E-state index is 10.3. The second kappa shape index (κ2) is 4.97. The summed E-state index contributed by atoms with van der Waals surface area (Å²) < 4.78 is 0. The Labute approximate surface area is 119 Å². The summed E-state index contributed by atoms with van der Waals surface area (Å²) in [7, 11) is 5.89. The average Bonchev–Trinajstić information content (AvgIpc) is 2.26. The van der Waals surface area contributed by atoms with E-state index in [-0.39, 0.29) is 10.8 Å². The average molecular weight is 258 g/mol. The van der Waals surface area contributed by atoms with Crippen molar-refractivity contribution in [1.82, 2.24) is 0 Å². The fraction of sp³-hybridized carbons (Fsp3) is 0.647. The van der Waals surface area contributed by atoms with Crippen LogP contribution in [0.2, 0.25) is 6.32 Å². The van der Waals surface area contributed by atoms with E-state index in [9.17, 15) is 5.11 Å². The van der Waals surface area contributed by atoms with Gasteiger partial charge in [0.05, 0.1) is 13.4 Å². The van der Waals surface area contributed by atoms with E-state index in [1.165, 1.54) is 11.1 Å². The molecule has 0 heterocycles. The summed E-state index contributed by atoms with van der Waals surface area (Å²) in [6.07, 6.45) is 0.589. The van der Waals surface area contributed by atoms with Gasteiger partial charge in [0, 0.05) is 0 Å². The number of rotatable bonds is 3. The zero-order chi connectivity index (χ0) is 15.1. The van der Waals surface area contributed by atoms with Crippen LogP contribution in [-0.2, 0) is 16.4 Å². The Hall–Kier alpha value is -0.755. The highest BCUT2D eigenvalue weighted by molar-refractivity contribution is 6.09. The highest BCUT2D eigenvalue weighted by Gasteiger charge is 2.26. The van der Waals surface area contributed by atoms with Gasteiger partial charge in [-0.3, -0.25) is 0 Å². The van der Waals surface area contributed by atoms with Gasteiger partial charge in [-0.2, -0.15) is 0 Å². The number of hydrogen-bond donors (Lipinski definition) is 1. The van der Waals surface area contributed by atoms with Crippen LogP contribution in [0.1, 0.15) is 65.2 Å². The molecule has 0 aromatic heterocycles. The zero-order valence-electron chi connectivity index (χ0n) is 13.5. The molecule has 0 aliphatic rings. The molecule has 1 aromatic rings. The summed E-state index contributed by atoms with van der Waals surface area (Å²) in [5.74, 6) is 0. The molecule has 2 heteroatoms. The molecule has 0 saturated carbocycles. The first-order valence-corrected chi connectivity index (χ1v) is 6.97. The van der Waals surface area contributed by atoms with Gasteiger partial charge >= 0.3 is 0 Å². The lowest BCUT2D eigenvalue weighted by molar-refractivity contribution is 0.0783. The standard InChI is InChI=1S/C17H27BO/c1-15(2,3)12-8-13(16(4,5)11-18)10-14(9-12)17(6,7)19/h8-10,19H,11H2,1-7H3. The predicted molar refractivity (Wildman–Crippen MR) is 84.0 cm³/mol. The van der Waals surface area contributed by atoms with Crippen LogP contribution in [0.3, 0.4) is 0 Å². The number of aliphatic hydroxyl groups is 1. The van der Waals surface area contributed by atoms with Crippen LogP contribution < -0.4 is 0 Å². The van der Waals surface area contributed by atoms with Crippen LogP contribution >= 0.6 is 0 Å². The van der Waals surface area contributed by atoms with E-state index in [0.29, 0.717) is 6.32 Å². The molecule has 104 valence electrons. The molecule has 0 amide bonds. The molecular weight excluding hydrogens is 231 g/mol. The van der Waals surface area contributed by atoms with Crippen molar-refractivity contribution >= 4 is 7.85 Å². The summed E-state index contributed by atoms with van der Waals surface area (Å²) in [5, 5.41) is 10.3. The van der Waals surface area contributed by atoms with Gasteiger partial charge < -0.3 is 5.11 Å². The van der Waals surface area contributed by atoms with Crippen LogP contribution in [-0.4, -0.2) is 13.0 Å². The lowest BCUT2D eigenvalue weighted by atomic mass is 9.71. The van der Waals surface area contributed by atoms with Crippen LogP contribution in [0.25, 0.3) is 0 Å². The minimum absolute atomic E-state index is 0.0562. The fourth-order valence-corrected chi connectivity index (χ4v) is 1.92. The molecular formula is C17H27BO. The first-order chi connectivity index (χ1) is 8.38. The molecule has 1 rings (SSSR count). The smallest absolute Gasteiger partial charge is 0.0840 e. The molecule has 0 spiro atoms. The third kappa shape index (κ3) is 3.85. The molecule has 0 saturated heterocycles. The zero-order valence-corrected chi connectivity index (χ0v) is 13.5. The maximum Gasteiger partial charge on any atom is 0.0840 e. The Kier molecular flexibility index (Phi) is 4.27. The van der Waals surface area contributed by atoms with Gasteiger partial charge in [0.2, 0.25) is 0 Å². The van der Waals surface area contributed by atoms with Gasteiger partial charge in [0.25, 0.3) is 0 Å². The van der Waals surface area contributed by atoms with E-state index >= 15 is 0 Å². The Morgan fingerprint density at radius 1 is 0.842 bits per heavy atom. The van der Waals surface area contributed by atoms with Gasteiger partial charge in [0.1, 0.15) is 0 Å². The van der Waals surface area contributed by atoms with Crippen molar-refractivity contribution in [3.63, 3.8) is 0 Å². The summed E-state index contributed by atoms with van der Waals surface area (Å²) in [6.45, 7) is 14.5. The second-order valence-electron chi connectivity index (χ2n) is 7.70. The first-order valence-electron chi connectivity index (χ1n) is 6.97. The Morgan fingerprint density at radius 2 is 1.26 bits per heavy atom. The van der Waals surface area contributed by atoms with Crippen molar-refractivity contribution in [2.45, 2.75) is 71.2 Å². The van der Waals surface area contributed by atoms with Crippen molar-refractivity contribution in [2.75, 3.05) is 0 Å². The molecule has 1 aromatic carbocycles. The van der Waals surface area contributed by atoms with Crippen molar-refractivity contribution in [3.05, 3.63) is 34.9 Å². The monoisotopic (exact) mass is 258 g/mol. The van der Waals surface area contributed by atoms with E-state index in [0.717, 1.165) is 5.56 Å². The molecule has 19 heavy (non-hydrogen) atoms. The molecule has 0 atom stereocenters. The lowest BCUT2D eigenvalue weighted by Gasteiger charge is -2.30. The molecule has 0 aliphatic heterocycles. The number of hydrogen-bond acceptors (Lipinski definition) is 1. The normalized spacial score (nSPS) is 13.7. The molecule has 1 nitrogen and oxygen atoms in total. The van der Waals surface area contributed by atoms with E-state index in [2.05, 4.69) is 52.8 Å². The lowest BCUT2D eigenvalue weighted by Crippen LogP contribution is -2.23. The Balaban J connectivity index is 3.51. The van der Waals surface area contributed by atoms with Gasteiger partial charge in [-0.1, -0.05) is 59.1 Å². The third-order valence-corrected chi connectivity index (χ3v) is 3.80. The maximum atomic E-state index is 10.3. The topological polar surface area (TPSA) is 20.2 Å². The summed E-state index contributed by atoms with van der Waals surface area (Å²) in [6, 6.07) is 6.42. The largest absolute Gasteiger partial charge is 0.386 e. The van der Waals surface area contributed by atoms with Crippen molar-refractivity contribution in [2.24, 2.45) is 0 Å². The van der Waals surface area contributed by atoms with Gasteiger partial charge in [-0.05, 0) is 41.4 Å². The molecule has 0 bridgehead atoms. The van der Waals surface area contributed by atoms with Crippen molar-refractivity contribution in [1.29, 1.82) is 0 Å². The fourth-order valence-electron chi connectivity index (χ4n) is 1.92. The van der Waals surface area contributed by atoms with Crippen LogP contribution in [0, 0.1) is 0 Å². The van der Waals surface area contributed by atoms with Crippen molar-refractivity contribution in [3.8, 4) is 0 Å². The minimum atomic E-state index is -0.833. The van der Waals surface area contributed by atoms with E-state index < -0.39 is 5.60 Å².